The van der Waals surface area contributed by atoms with Crippen molar-refractivity contribution < 1.29 is 24.6 Å². The van der Waals surface area contributed by atoms with Crippen LogP contribution in [-0.2, 0) is 16.2 Å². The Bertz CT molecular complexity index is 488. The first-order chi connectivity index (χ1) is 9.42. The Labute approximate surface area is 115 Å². The van der Waals surface area contributed by atoms with E-state index in [1.165, 1.54) is 24.3 Å². The van der Waals surface area contributed by atoms with Crippen LogP contribution < -0.4 is 0 Å². The highest BCUT2D eigenvalue weighted by Crippen LogP contribution is 2.06. The van der Waals surface area contributed by atoms with Crippen LogP contribution in [0.25, 0.3) is 0 Å². The first-order valence-corrected chi connectivity index (χ1v) is 5.63. The lowest BCUT2D eigenvalue weighted by molar-refractivity contribution is -0.763. The maximum absolute atomic E-state index is 11.0. The Balaban J connectivity index is 0.000000796. The molecule has 1 N–H and O–H groups in total. The van der Waals surface area contributed by atoms with Gasteiger partial charge in [0.15, 0.2) is 0 Å². The van der Waals surface area contributed by atoms with E-state index in [1.807, 2.05) is 26.0 Å². The third kappa shape index (κ3) is 6.90. The molecule has 0 atom stereocenters. The number of benzene rings is 1. The van der Waals surface area contributed by atoms with Gasteiger partial charge in [0, 0.05) is 5.56 Å². The molecule has 0 aliphatic carbocycles. The van der Waals surface area contributed by atoms with Gasteiger partial charge in [-0.2, -0.15) is 0 Å². The Kier molecular flexibility index (Phi) is 8.01. The van der Waals surface area contributed by atoms with Crippen molar-refractivity contribution in [2.24, 2.45) is 0 Å². The zero-order valence-electron chi connectivity index (χ0n) is 11.1. The van der Waals surface area contributed by atoms with Crippen LogP contribution in [0, 0.1) is 10.1 Å². The number of Topliss-reactive ketones (excluding diaryl/α,β-unsaturated/α-hetero) is 1. The van der Waals surface area contributed by atoms with Crippen LogP contribution in [0.1, 0.15) is 29.8 Å². The quantitative estimate of drug-likeness (QED) is 0.291. The standard InChI is InChI=1S/C9H7NO6.C4H8/c11-8(9(12)13)7-3-1-6(2-4-7)5-16-10(14)15;1-3-4-2/h1-4H,5H2,(H,12,13);3-4H,1-2H3/b;4-3-. The molecule has 108 valence electrons. The normalized spacial score (nSPS) is 9.50. The number of ketones is 1. The lowest BCUT2D eigenvalue weighted by Gasteiger charge is -2.00. The van der Waals surface area contributed by atoms with Gasteiger partial charge in [-0.3, -0.25) is 4.79 Å². The zero-order chi connectivity index (χ0) is 15.5. The first kappa shape index (κ1) is 17.3. The van der Waals surface area contributed by atoms with Gasteiger partial charge in [0.1, 0.15) is 6.61 Å². The second kappa shape index (κ2) is 9.26. The van der Waals surface area contributed by atoms with Crippen LogP contribution >= 0.6 is 0 Å². The summed E-state index contributed by atoms with van der Waals surface area (Å²) in [5, 5.41) is 17.4. The highest BCUT2D eigenvalue weighted by molar-refractivity contribution is 6.39. The van der Waals surface area contributed by atoms with Gasteiger partial charge in [0.25, 0.3) is 10.9 Å². The third-order valence-electron chi connectivity index (χ3n) is 2.08. The minimum Gasteiger partial charge on any atom is -0.475 e. The van der Waals surface area contributed by atoms with E-state index in [4.69, 9.17) is 5.11 Å². The molecule has 0 unspecified atom stereocenters. The fourth-order valence-corrected chi connectivity index (χ4v) is 1.00. The predicted octanol–water partition coefficient (Wildman–Crippen LogP) is 2.24. The van der Waals surface area contributed by atoms with Gasteiger partial charge in [-0.25, -0.2) is 4.79 Å². The summed E-state index contributed by atoms with van der Waals surface area (Å²) >= 11 is 0. The molecule has 7 heteroatoms. The minimum absolute atomic E-state index is 0.0114. The Morgan fingerprint density at radius 3 is 2.10 bits per heavy atom. The Hall–Kier alpha value is -2.70. The number of carboxylic acids is 1. The summed E-state index contributed by atoms with van der Waals surface area (Å²) in [6.45, 7) is 3.76. The fourth-order valence-electron chi connectivity index (χ4n) is 1.00. The highest BCUT2D eigenvalue weighted by Gasteiger charge is 2.13. The maximum atomic E-state index is 11.0. The molecular formula is C13H15NO6. The SMILES string of the molecule is C/C=C\C.O=C(O)C(=O)c1ccc(CO[N+](=O)[O-])cc1. The number of hydrogen-bond acceptors (Lipinski definition) is 5. The van der Waals surface area contributed by atoms with E-state index < -0.39 is 16.8 Å². The average Bonchev–Trinajstić information content (AvgIpc) is 2.45. The number of aliphatic carboxylic acids is 1. The third-order valence-corrected chi connectivity index (χ3v) is 2.08. The molecule has 0 aliphatic heterocycles. The van der Waals surface area contributed by atoms with E-state index in [9.17, 15) is 19.7 Å². The molecule has 0 amide bonds. The molecule has 0 spiro atoms. The van der Waals surface area contributed by atoms with Gasteiger partial charge in [-0.1, -0.05) is 36.4 Å². The molecule has 0 fully saturated rings. The fraction of sp³-hybridized carbons (Fsp3) is 0.231. The van der Waals surface area contributed by atoms with Crippen LogP contribution in [0.3, 0.4) is 0 Å². The number of nitrogens with zero attached hydrogens (tertiary/aromatic N) is 1. The molecule has 20 heavy (non-hydrogen) atoms. The molecule has 0 bridgehead atoms. The molecular weight excluding hydrogens is 266 g/mol. The van der Waals surface area contributed by atoms with Crippen molar-refractivity contribution >= 4 is 11.8 Å². The maximum Gasteiger partial charge on any atom is 0.377 e. The number of allylic oxidation sites excluding steroid dienone is 2. The molecule has 1 aromatic carbocycles. The van der Waals surface area contributed by atoms with E-state index in [1.54, 1.807) is 0 Å². The topological polar surface area (TPSA) is 107 Å². The largest absolute Gasteiger partial charge is 0.475 e. The Morgan fingerprint density at radius 2 is 1.75 bits per heavy atom. The summed E-state index contributed by atoms with van der Waals surface area (Å²) < 4.78 is 0. The van der Waals surface area contributed by atoms with E-state index in [-0.39, 0.29) is 12.2 Å². The molecule has 7 nitrogen and oxygen atoms in total. The van der Waals surface area contributed by atoms with Crippen LogP contribution in [0.15, 0.2) is 36.4 Å². The van der Waals surface area contributed by atoms with Crippen molar-refractivity contribution in [1.29, 1.82) is 0 Å². The van der Waals surface area contributed by atoms with Gasteiger partial charge in [-0.15, -0.1) is 10.1 Å². The van der Waals surface area contributed by atoms with Crippen molar-refractivity contribution in [2.45, 2.75) is 20.5 Å². The van der Waals surface area contributed by atoms with Gasteiger partial charge >= 0.3 is 5.97 Å². The smallest absolute Gasteiger partial charge is 0.377 e. The highest BCUT2D eigenvalue weighted by atomic mass is 16.9. The van der Waals surface area contributed by atoms with E-state index >= 15 is 0 Å². The minimum atomic E-state index is -1.55. The zero-order valence-corrected chi connectivity index (χ0v) is 11.1. The van der Waals surface area contributed by atoms with Crippen LogP contribution in [0.5, 0.6) is 0 Å². The monoisotopic (exact) mass is 281 g/mol. The number of carboxylic acid groups (broad SMARTS) is 1. The summed E-state index contributed by atoms with van der Waals surface area (Å²) in [6.07, 6.45) is 4.00. The molecule has 1 aromatic rings. The van der Waals surface area contributed by atoms with Crippen molar-refractivity contribution in [1.82, 2.24) is 0 Å². The van der Waals surface area contributed by atoms with Gasteiger partial charge < -0.3 is 9.94 Å². The molecule has 0 saturated carbocycles. The molecule has 0 heterocycles. The molecule has 0 aliphatic rings. The van der Waals surface area contributed by atoms with Crippen molar-refractivity contribution in [3.05, 3.63) is 57.7 Å². The first-order valence-electron chi connectivity index (χ1n) is 5.63. The second-order valence-corrected chi connectivity index (χ2v) is 3.49. The Morgan fingerprint density at radius 1 is 1.25 bits per heavy atom. The summed E-state index contributed by atoms with van der Waals surface area (Å²) in [5.74, 6) is -2.57. The number of carbonyl (C=O) groups excluding carboxylic acids is 1. The molecule has 1 rings (SSSR count). The summed E-state index contributed by atoms with van der Waals surface area (Å²) in [5.41, 5.74) is 0.482. The molecule has 0 saturated heterocycles. The van der Waals surface area contributed by atoms with Gasteiger partial charge in [-0.05, 0) is 19.4 Å². The lowest BCUT2D eigenvalue weighted by atomic mass is 10.1. The van der Waals surface area contributed by atoms with Crippen LogP contribution in [0.4, 0.5) is 0 Å². The van der Waals surface area contributed by atoms with E-state index in [2.05, 4.69) is 4.84 Å². The van der Waals surface area contributed by atoms with Crippen molar-refractivity contribution in [2.75, 3.05) is 0 Å². The van der Waals surface area contributed by atoms with Gasteiger partial charge in [0.05, 0.1) is 0 Å². The lowest BCUT2D eigenvalue weighted by Crippen LogP contribution is -2.12. The average molecular weight is 281 g/mol. The van der Waals surface area contributed by atoms with Crippen LogP contribution in [-0.4, -0.2) is 21.9 Å². The number of hydrogen-bond donors (Lipinski definition) is 1. The molecule has 0 radical (unpaired) electrons. The van der Waals surface area contributed by atoms with E-state index in [0.29, 0.717) is 5.56 Å². The number of carbonyl (C=O) groups is 2. The summed E-state index contributed by atoms with van der Waals surface area (Å²) in [6, 6.07) is 5.32. The second-order valence-electron chi connectivity index (χ2n) is 3.49. The van der Waals surface area contributed by atoms with Crippen LogP contribution in [0.2, 0.25) is 0 Å². The van der Waals surface area contributed by atoms with Gasteiger partial charge in [0.2, 0.25) is 0 Å². The predicted molar refractivity (Wildman–Crippen MR) is 70.7 cm³/mol. The van der Waals surface area contributed by atoms with Crippen molar-refractivity contribution in [3.63, 3.8) is 0 Å². The number of rotatable bonds is 5. The summed E-state index contributed by atoms with van der Waals surface area (Å²) in [4.78, 5) is 35.3. The summed E-state index contributed by atoms with van der Waals surface area (Å²) in [7, 11) is 0. The van der Waals surface area contributed by atoms with E-state index in [0.717, 1.165) is 0 Å². The molecule has 0 aromatic heterocycles. The van der Waals surface area contributed by atoms with Crippen molar-refractivity contribution in [3.8, 4) is 0 Å².